The minimum atomic E-state index is 0.463. The standard InChI is InChI=1S/C14H23N3S/c1-11-10-12(6-7-13(11)14(15)18)16-8-4-5-9-17(2)3/h6-7,10,16H,4-5,8-9H2,1-3H3,(H2,15,18). The maximum atomic E-state index is 5.64. The van der Waals surface area contributed by atoms with Crippen LogP contribution in [0.4, 0.5) is 5.69 Å². The second kappa shape index (κ2) is 7.34. The van der Waals surface area contributed by atoms with Crippen LogP contribution in [0.5, 0.6) is 0 Å². The Morgan fingerprint density at radius 2 is 2.06 bits per heavy atom. The first-order valence-corrected chi connectivity index (χ1v) is 6.70. The Morgan fingerprint density at radius 1 is 1.33 bits per heavy atom. The van der Waals surface area contributed by atoms with Crippen LogP contribution in [-0.4, -0.2) is 37.1 Å². The number of aryl methyl sites for hydroxylation is 1. The van der Waals surface area contributed by atoms with Crippen LogP contribution in [0.2, 0.25) is 0 Å². The lowest BCUT2D eigenvalue weighted by Gasteiger charge is -2.11. The molecule has 0 aliphatic rings. The third kappa shape index (κ3) is 5.02. The van der Waals surface area contributed by atoms with Gasteiger partial charge in [0.05, 0.1) is 0 Å². The van der Waals surface area contributed by atoms with E-state index in [0.29, 0.717) is 4.99 Å². The molecule has 1 aromatic rings. The first kappa shape index (κ1) is 14.9. The molecule has 18 heavy (non-hydrogen) atoms. The van der Waals surface area contributed by atoms with Gasteiger partial charge in [0.1, 0.15) is 4.99 Å². The molecule has 0 heterocycles. The van der Waals surface area contributed by atoms with E-state index in [1.165, 1.54) is 12.8 Å². The van der Waals surface area contributed by atoms with Crippen molar-refractivity contribution in [3.05, 3.63) is 29.3 Å². The molecule has 0 aromatic heterocycles. The zero-order valence-corrected chi connectivity index (χ0v) is 12.3. The van der Waals surface area contributed by atoms with Gasteiger partial charge in [0.15, 0.2) is 0 Å². The smallest absolute Gasteiger partial charge is 0.104 e. The monoisotopic (exact) mass is 265 g/mol. The van der Waals surface area contributed by atoms with Crippen molar-refractivity contribution >= 4 is 22.9 Å². The number of hydrogen-bond acceptors (Lipinski definition) is 3. The Kier molecular flexibility index (Phi) is 6.09. The van der Waals surface area contributed by atoms with Crippen LogP contribution in [0, 0.1) is 6.92 Å². The topological polar surface area (TPSA) is 41.3 Å². The molecular formula is C14H23N3S. The second-order valence-corrected chi connectivity index (χ2v) is 5.27. The SMILES string of the molecule is Cc1cc(NCCCCN(C)C)ccc1C(N)=S. The van der Waals surface area contributed by atoms with Gasteiger partial charge in [-0.15, -0.1) is 0 Å². The highest BCUT2D eigenvalue weighted by Crippen LogP contribution is 2.15. The van der Waals surface area contributed by atoms with Crippen LogP contribution in [0.15, 0.2) is 18.2 Å². The summed E-state index contributed by atoms with van der Waals surface area (Å²) in [6, 6.07) is 6.12. The van der Waals surface area contributed by atoms with Crippen molar-refractivity contribution < 1.29 is 0 Å². The van der Waals surface area contributed by atoms with Crippen molar-refractivity contribution in [2.24, 2.45) is 5.73 Å². The Labute approximate surface area is 115 Å². The molecule has 1 rings (SSSR count). The lowest BCUT2D eigenvalue weighted by molar-refractivity contribution is 0.396. The number of benzene rings is 1. The van der Waals surface area contributed by atoms with Crippen molar-refractivity contribution in [3.63, 3.8) is 0 Å². The summed E-state index contributed by atoms with van der Waals surface area (Å²) in [7, 11) is 4.20. The zero-order chi connectivity index (χ0) is 13.5. The number of rotatable bonds is 7. The molecular weight excluding hydrogens is 242 g/mol. The van der Waals surface area contributed by atoms with Crippen LogP contribution in [0.25, 0.3) is 0 Å². The van der Waals surface area contributed by atoms with E-state index < -0.39 is 0 Å². The lowest BCUT2D eigenvalue weighted by atomic mass is 10.1. The van der Waals surface area contributed by atoms with Crippen LogP contribution >= 0.6 is 12.2 Å². The van der Waals surface area contributed by atoms with Gasteiger partial charge < -0.3 is 16.0 Å². The Hall–Kier alpha value is -1.13. The van der Waals surface area contributed by atoms with E-state index >= 15 is 0 Å². The van der Waals surface area contributed by atoms with Gasteiger partial charge in [-0.1, -0.05) is 12.2 Å². The summed E-state index contributed by atoms with van der Waals surface area (Å²) in [4.78, 5) is 2.67. The molecule has 0 amide bonds. The number of nitrogens with zero attached hydrogens (tertiary/aromatic N) is 1. The molecule has 0 radical (unpaired) electrons. The average Bonchev–Trinajstić information content (AvgIpc) is 2.27. The zero-order valence-electron chi connectivity index (χ0n) is 11.5. The first-order chi connectivity index (χ1) is 8.50. The number of unbranched alkanes of at least 4 members (excludes halogenated alkanes) is 1. The predicted octanol–water partition coefficient (Wildman–Crippen LogP) is 2.38. The molecule has 3 N–H and O–H groups in total. The first-order valence-electron chi connectivity index (χ1n) is 6.30. The van der Waals surface area contributed by atoms with E-state index in [9.17, 15) is 0 Å². The van der Waals surface area contributed by atoms with Crippen molar-refractivity contribution in [2.45, 2.75) is 19.8 Å². The molecule has 0 aliphatic heterocycles. The average molecular weight is 265 g/mol. The molecule has 1 aromatic carbocycles. The van der Waals surface area contributed by atoms with Crippen molar-refractivity contribution in [2.75, 3.05) is 32.5 Å². The Morgan fingerprint density at radius 3 is 2.61 bits per heavy atom. The van der Waals surface area contributed by atoms with Gasteiger partial charge in [0.2, 0.25) is 0 Å². The third-order valence-electron chi connectivity index (χ3n) is 2.85. The number of nitrogens with one attached hydrogen (secondary N) is 1. The van der Waals surface area contributed by atoms with E-state index in [1.807, 2.05) is 19.1 Å². The van der Waals surface area contributed by atoms with E-state index in [4.69, 9.17) is 18.0 Å². The number of hydrogen-bond donors (Lipinski definition) is 2. The fourth-order valence-corrected chi connectivity index (χ4v) is 2.06. The maximum absolute atomic E-state index is 5.64. The molecule has 0 bridgehead atoms. The van der Waals surface area contributed by atoms with Gasteiger partial charge in [0.25, 0.3) is 0 Å². The fraction of sp³-hybridized carbons (Fsp3) is 0.500. The second-order valence-electron chi connectivity index (χ2n) is 4.83. The molecule has 0 spiro atoms. The van der Waals surface area contributed by atoms with Gasteiger partial charge in [-0.2, -0.15) is 0 Å². The molecule has 0 saturated carbocycles. The lowest BCUT2D eigenvalue weighted by Crippen LogP contribution is -2.14. The van der Waals surface area contributed by atoms with Crippen LogP contribution in [0.3, 0.4) is 0 Å². The van der Waals surface area contributed by atoms with E-state index in [2.05, 4.69) is 30.4 Å². The molecule has 0 atom stereocenters. The maximum Gasteiger partial charge on any atom is 0.104 e. The van der Waals surface area contributed by atoms with Crippen LogP contribution < -0.4 is 11.1 Å². The summed E-state index contributed by atoms with van der Waals surface area (Å²) < 4.78 is 0. The molecule has 100 valence electrons. The van der Waals surface area contributed by atoms with Crippen LogP contribution in [-0.2, 0) is 0 Å². The van der Waals surface area contributed by atoms with Crippen LogP contribution in [0.1, 0.15) is 24.0 Å². The Bertz CT molecular complexity index is 402. The van der Waals surface area contributed by atoms with Crippen molar-refractivity contribution in [1.29, 1.82) is 0 Å². The highest BCUT2D eigenvalue weighted by Gasteiger charge is 2.02. The summed E-state index contributed by atoms with van der Waals surface area (Å²) >= 11 is 4.99. The fourth-order valence-electron chi connectivity index (χ4n) is 1.84. The molecule has 3 nitrogen and oxygen atoms in total. The quantitative estimate of drug-likeness (QED) is 0.587. The number of anilines is 1. The van der Waals surface area contributed by atoms with Gasteiger partial charge >= 0.3 is 0 Å². The molecule has 0 fully saturated rings. The third-order valence-corrected chi connectivity index (χ3v) is 3.07. The molecule has 4 heteroatoms. The summed E-state index contributed by atoms with van der Waals surface area (Å²) in [5, 5.41) is 3.42. The minimum Gasteiger partial charge on any atom is -0.389 e. The summed E-state index contributed by atoms with van der Waals surface area (Å²) in [5.74, 6) is 0. The van der Waals surface area contributed by atoms with E-state index in [1.54, 1.807) is 0 Å². The predicted molar refractivity (Wildman–Crippen MR) is 83.3 cm³/mol. The Balaban J connectivity index is 2.39. The summed E-state index contributed by atoms with van der Waals surface area (Å²) in [6.45, 7) is 4.17. The van der Waals surface area contributed by atoms with Gasteiger partial charge in [0, 0.05) is 17.8 Å². The largest absolute Gasteiger partial charge is 0.389 e. The molecule has 0 aliphatic carbocycles. The highest BCUT2D eigenvalue weighted by atomic mass is 32.1. The summed E-state index contributed by atoms with van der Waals surface area (Å²) in [5.41, 5.74) is 8.86. The van der Waals surface area contributed by atoms with Gasteiger partial charge in [-0.05, 0) is 64.2 Å². The number of nitrogens with two attached hydrogens (primary N) is 1. The minimum absolute atomic E-state index is 0.463. The highest BCUT2D eigenvalue weighted by molar-refractivity contribution is 7.80. The van der Waals surface area contributed by atoms with Crippen molar-refractivity contribution in [3.8, 4) is 0 Å². The number of thiocarbonyl (C=S) groups is 1. The van der Waals surface area contributed by atoms with E-state index in [-0.39, 0.29) is 0 Å². The molecule has 0 unspecified atom stereocenters. The van der Waals surface area contributed by atoms with Crippen molar-refractivity contribution in [1.82, 2.24) is 4.90 Å². The van der Waals surface area contributed by atoms with Gasteiger partial charge in [-0.3, -0.25) is 0 Å². The molecule has 0 saturated heterocycles. The summed E-state index contributed by atoms with van der Waals surface area (Å²) in [6.07, 6.45) is 2.39. The van der Waals surface area contributed by atoms with Gasteiger partial charge in [-0.25, -0.2) is 0 Å². The normalized spacial score (nSPS) is 10.7. The van der Waals surface area contributed by atoms with E-state index in [0.717, 1.165) is 29.9 Å².